The molecule has 1 unspecified atom stereocenters. The molecule has 90 valence electrons. The van der Waals surface area contributed by atoms with Gasteiger partial charge in [0.1, 0.15) is 0 Å². The van der Waals surface area contributed by atoms with Crippen molar-refractivity contribution in [3.63, 3.8) is 0 Å². The lowest BCUT2D eigenvalue weighted by Gasteiger charge is -2.26. The van der Waals surface area contributed by atoms with Crippen LogP contribution in [0.25, 0.3) is 0 Å². The predicted octanol–water partition coefficient (Wildman–Crippen LogP) is 2.97. The van der Waals surface area contributed by atoms with Gasteiger partial charge in [-0.1, -0.05) is 32.6 Å². The van der Waals surface area contributed by atoms with E-state index in [4.69, 9.17) is 4.74 Å². The van der Waals surface area contributed by atoms with Gasteiger partial charge in [0.05, 0.1) is 6.61 Å². The van der Waals surface area contributed by atoms with Gasteiger partial charge in [0.15, 0.2) is 0 Å². The molecule has 1 aliphatic carbocycles. The molecule has 1 N–H and O–H groups in total. The van der Waals surface area contributed by atoms with Crippen molar-refractivity contribution < 1.29 is 4.74 Å². The molecule has 0 bridgehead atoms. The van der Waals surface area contributed by atoms with Gasteiger partial charge >= 0.3 is 0 Å². The van der Waals surface area contributed by atoms with Gasteiger partial charge in [-0.2, -0.15) is 0 Å². The maximum absolute atomic E-state index is 5.58. The van der Waals surface area contributed by atoms with Crippen molar-refractivity contribution in [1.29, 1.82) is 0 Å². The van der Waals surface area contributed by atoms with Crippen molar-refractivity contribution in [1.82, 2.24) is 5.32 Å². The van der Waals surface area contributed by atoms with E-state index in [0.29, 0.717) is 6.04 Å². The number of nitrogens with one attached hydrogen (secondary N) is 1. The normalized spacial score (nSPS) is 21.2. The predicted molar refractivity (Wildman–Crippen MR) is 65.1 cm³/mol. The number of rotatable bonds is 6. The molecule has 0 aromatic heterocycles. The molecular formula is C13H27NO. The third-order valence-electron chi connectivity index (χ3n) is 3.44. The number of hydrogen-bond donors (Lipinski definition) is 1. The van der Waals surface area contributed by atoms with E-state index in [-0.39, 0.29) is 0 Å². The SMILES string of the molecule is CCNC(COCC)C1CCCCCC1. The highest BCUT2D eigenvalue weighted by Gasteiger charge is 2.21. The van der Waals surface area contributed by atoms with E-state index in [1.807, 2.05) is 0 Å². The third-order valence-corrected chi connectivity index (χ3v) is 3.44. The first-order chi connectivity index (χ1) is 7.38. The first-order valence-corrected chi connectivity index (χ1v) is 6.69. The summed E-state index contributed by atoms with van der Waals surface area (Å²) in [6.45, 7) is 7.07. The van der Waals surface area contributed by atoms with Gasteiger partial charge in [0.25, 0.3) is 0 Å². The average Bonchev–Trinajstić information content (AvgIpc) is 2.52. The van der Waals surface area contributed by atoms with Gasteiger partial charge in [0, 0.05) is 12.6 Å². The Kier molecular flexibility index (Phi) is 7.03. The second kappa shape index (κ2) is 8.12. The Balaban J connectivity index is 2.36. The van der Waals surface area contributed by atoms with E-state index in [1.165, 1.54) is 38.5 Å². The van der Waals surface area contributed by atoms with Crippen molar-refractivity contribution in [3.8, 4) is 0 Å². The number of likely N-dealkylation sites (N-methyl/N-ethyl adjacent to an activating group) is 1. The lowest BCUT2D eigenvalue weighted by atomic mass is 9.92. The van der Waals surface area contributed by atoms with Gasteiger partial charge in [-0.05, 0) is 32.2 Å². The molecular weight excluding hydrogens is 186 g/mol. The highest BCUT2D eigenvalue weighted by atomic mass is 16.5. The Labute approximate surface area is 94.8 Å². The summed E-state index contributed by atoms with van der Waals surface area (Å²) >= 11 is 0. The van der Waals surface area contributed by atoms with Gasteiger partial charge in [-0.15, -0.1) is 0 Å². The first kappa shape index (κ1) is 13.0. The maximum atomic E-state index is 5.58. The summed E-state index contributed by atoms with van der Waals surface area (Å²) in [6.07, 6.45) is 8.49. The fourth-order valence-electron chi connectivity index (χ4n) is 2.58. The molecule has 0 aromatic rings. The first-order valence-electron chi connectivity index (χ1n) is 6.69. The zero-order valence-corrected chi connectivity index (χ0v) is 10.4. The van der Waals surface area contributed by atoms with Crippen LogP contribution >= 0.6 is 0 Å². The molecule has 0 radical (unpaired) electrons. The Morgan fingerprint density at radius 2 is 1.80 bits per heavy atom. The summed E-state index contributed by atoms with van der Waals surface area (Å²) in [5.41, 5.74) is 0. The molecule has 15 heavy (non-hydrogen) atoms. The van der Waals surface area contributed by atoms with Crippen LogP contribution in [0.15, 0.2) is 0 Å². The monoisotopic (exact) mass is 213 g/mol. The second-order valence-corrected chi connectivity index (χ2v) is 4.58. The van der Waals surface area contributed by atoms with E-state index >= 15 is 0 Å². The lowest BCUT2D eigenvalue weighted by molar-refractivity contribution is 0.0994. The summed E-state index contributed by atoms with van der Waals surface area (Å²) in [5.74, 6) is 0.846. The van der Waals surface area contributed by atoms with E-state index < -0.39 is 0 Å². The van der Waals surface area contributed by atoms with Crippen LogP contribution in [0, 0.1) is 5.92 Å². The van der Waals surface area contributed by atoms with Gasteiger partial charge in [-0.3, -0.25) is 0 Å². The molecule has 0 amide bonds. The average molecular weight is 213 g/mol. The minimum atomic E-state index is 0.591. The molecule has 1 rings (SSSR count). The molecule has 1 saturated carbocycles. The van der Waals surface area contributed by atoms with Crippen molar-refractivity contribution in [2.45, 2.75) is 58.4 Å². The van der Waals surface area contributed by atoms with E-state index in [2.05, 4.69) is 19.2 Å². The lowest BCUT2D eigenvalue weighted by Crippen LogP contribution is -2.40. The molecule has 2 nitrogen and oxygen atoms in total. The van der Waals surface area contributed by atoms with Crippen molar-refractivity contribution in [2.24, 2.45) is 5.92 Å². The fourth-order valence-corrected chi connectivity index (χ4v) is 2.58. The molecule has 0 heterocycles. The summed E-state index contributed by atoms with van der Waals surface area (Å²) < 4.78 is 5.58. The van der Waals surface area contributed by atoms with Crippen molar-refractivity contribution in [2.75, 3.05) is 19.8 Å². The van der Waals surface area contributed by atoms with Crippen LogP contribution < -0.4 is 5.32 Å². The Bertz CT molecular complexity index is 141. The number of ether oxygens (including phenoxy) is 1. The zero-order valence-electron chi connectivity index (χ0n) is 10.4. The van der Waals surface area contributed by atoms with Crippen LogP contribution in [0.5, 0.6) is 0 Å². The quantitative estimate of drug-likeness (QED) is 0.685. The van der Waals surface area contributed by atoms with Crippen LogP contribution in [-0.4, -0.2) is 25.8 Å². The van der Waals surface area contributed by atoms with Crippen LogP contribution in [0.1, 0.15) is 52.4 Å². The van der Waals surface area contributed by atoms with Crippen LogP contribution in [0.3, 0.4) is 0 Å². The third kappa shape index (κ3) is 4.98. The zero-order chi connectivity index (χ0) is 10.9. The summed E-state index contributed by atoms with van der Waals surface area (Å²) in [5, 5.41) is 3.59. The Morgan fingerprint density at radius 3 is 2.33 bits per heavy atom. The topological polar surface area (TPSA) is 21.3 Å². The maximum Gasteiger partial charge on any atom is 0.0622 e. The standard InChI is InChI=1S/C13H27NO/c1-3-14-13(11-15-4-2)12-9-7-5-6-8-10-12/h12-14H,3-11H2,1-2H3. The van der Waals surface area contributed by atoms with E-state index in [9.17, 15) is 0 Å². The highest BCUT2D eigenvalue weighted by molar-refractivity contribution is 4.77. The minimum absolute atomic E-state index is 0.591. The molecule has 0 saturated heterocycles. The van der Waals surface area contributed by atoms with E-state index in [0.717, 1.165) is 25.7 Å². The molecule has 0 spiro atoms. The molecule has 1 aliphatic rings. The highest BCUT2D eigenvalue weighted by Crippen LogP contribution is 2.25. The largest absolute Gasteiger partial charge is 0.380 e. The summed E-state index contributed by atoms with van der Waals surface area (Å²) in [7, 11) is 0. The molecule has 0 aliphatic heterocycles. The molecule has 0 aromatic carbocycles. The minimum Gasteiger partial charge on any atom is -0.380 e. The summed E-state index contributed by atoms with van der Waals surface area (Å²) in [4.78, 5) is 0. The van der Waals surface area contributed by atoms with Crippen LogP contribution in [0.4, 0.5) is 0 Å². The molecule has 1 fully saturated rings. The van der Waals surface area contributed by atoms with Gasteiger partial charge in [0.2, 0.25) is 0 Å². The van der Waals surface area contributed by atoms with Gasteiger partial charge < -0.3 is 10.1 Å². The van der Waals surface area contributed by atoms with E-state index in [1.54, 1.807) is 0 Å². The fraction of sp³-hybridized carbons (Fsp3) is 1.00. The Morgan fingerprint density at radius 1 is 1.13 bits per heavy atom. The van der Waals surface area contributed by atoms with Gasteiger partial charge in [-0.25, -0.2) is 0 Å². The second-order valence-electron chi connectivity index (χ2n) is 4.58. The van der Waals surface area contributed by atoms with Crippen molar-refractivity contribution in [3.05, 3.63) is 0 Å². The summed E-state index contributed by atoms with van der Waals surface area (Å²) in [6, 6.07) is 0.591. The molecule has 1 atom stereocenters. The number of hydrogen-bond acceptors (Lipinski definition) is 2. The smallest absolute Gasteiger partial charge is 0.0622 e. The Hall–Kier alpha value is -0.0800. The molecule has 2 heteroatoms. The van der Waals surface area contributed by atoms with Crippen molar-refractivity contribution >= 4 is 0 Å². The van der Waals surface area contributed by atoms with Crippen LogP contribution in [0.2, 0.25) is 0 Å². The van der Waals surface area contributed by atoms with Crippen LogP contribution in [-0.2, 0) is 4.74 Å².